The van der Waals surface area contributed by atoms with Crippen molar-refractivity contribution >= 4 is 0 Å². The van der Waals surface area contributed by atoms with Crippen molar-refractivity contribution < 1.29 is 8.78 Å². The second-order valence-corrected chi connectivity index (χ2v) is 5.27. The molecule has 0 aliphatic heterocycles. The van der Waals surface area contributed by atoms with Crippen LogP contribution in [0, 0.1) is 29.4 Å². The van der Waals surface area contributed by atoms with Gasteiger partial charge >= 0.3 is 0 Å². The van der Waals surface area contributed by atoms with Crippen LogP contribution >= 0.6 is 0 Å². The minimum atomic E-state index is -0.354. The Hall–Kier alpha value is -0.960. The molecular formula is C14H17F2N. The monoisotopic (exact) mass is 237 g/mol. The van der Waals surface area contributed by atoms with Crippen molar-refractivity contribution in [2.75, 3.05) is 7.05 Å². The van der Waals surface area contributed by atoms with E-state index in [1.807, 2.05) is 7.05 Å². The van der Waals surface area contributed by atoms with Crippen LogP contribution in [0.2, 0.25) is 0 Å². The first kappa shape index (κ1) is 11.1. The van der Waals surface area contributed by atoms with E-state index < -0.39 is 0 Å². The number of fused-ring (bicyclic) bond motifs is 1. The van der Waals surface area contributed by atoms with Crippen molar-refractivity contribution in [2.24, 2.45) is 17.8 Å². The molecule has 0 aromatic heterocycles. The molecule has 3 unspecified atom stereocenters. The van der Waals surface area contributed by atoms with Gasteiger partial charge in [0.2, 0.25) is 0 Å². The molecule has 1 nitrogen and oxygen atoms in total. The zero-order valence-electron chi connectivity index (χ0n) is 9.92. The van der Waals surface area contributed by atoms with Crippen LogP contribution in [0.25, 0.3) is 0 Å². The molecule has 92 valence electrons. The first-order valence-electron chi connectivity index (χ1n) is 6.34. The van der Waals surface area contributed by atoms with Crippen molar-refractivity contribution in [3.05, 3.63) is 35.4 Å². The van der Waals surface area contributed by atoms with Gasteiger partial charge in [-0.05, 0) is 55.8 Å². The first-order valence-corrected chi connectivity index (χ1v) is 6.34. The molecule has 2 aliphatic carbocycles. The van der Waals surface area contributed by atoms with Gasteiger partial charge in [0, 0.05) is 11.6 Å². The number of halogens is 2. The normalized spacial score (nSPS) is 32.3. The average molecular weight is 237 g/mol. The summed E-state index contributed by atoms with van der Waals surface area (Å²) in [5.74, 6) is 1.32. The molecule has 17 heavy (non-hydrogen) atoms. The van der Waals surface area contributed by atoms with E-state index in [2.05, 4.69) is 5.32 Å². The van der Waals surface area contributed by atoms with E-state index in [1.165, 1.54) is 37.5 Å². The Kier molecular flexibility index (Phi) is 2.66. The van der Waals surface area contributed by atoms with Gasteiger partial charge in [-0.1, -0.05) is 6.42 Å². The molecule has 1 N–H and O–H groups in total. The topological polar surface area (TPSA) is 12.0 Å². The smallest absolute Gasteiger partial charge is 0.128 e. The van der Waals surface area contributed by atoms with Crippen LogP contribution in [0.1, 0.15) is 30.9 Å². The second-order valence-electron chi connectivity index (χ2n) is 5.27. The van der Waals surface area contributed by atoms with Crippen LogP contribution in [-0.4, -0.2) is 7.05 Å². The maximum atomic E-state index is 13.8. The highest BCUT2D eigenvalue weighted by Gasteiger charge is 2.56. The Balaban J connectivity index is 1.88. The van der Waals surface area contributed by atoms with Gasteiger partial charge in [0.1, 0.15) is 11.6 Å². The standard InChI is InChI=1S/C14H17F2N/c1-17-14(13-9-3-2-4-10(9)13)11-7-8(15)5-6-12(11)16/h5-7,9-10,13-14,17H,2-4H2,1H3. The molecule has 1 aromatic rings. The quantitative estimate of drug-likeness (QED) is 0.850. The number of benzene rings is 1. The summed E-state index contributed by atoms with van der Waals surface area (Å²) >= 11 is 0. The average Bonchev–Trinajstić information content (AvgIpc) is 2.79. The second kappa shape index (κ2) is 4.05. The van der Waals surface area contributed by atoms with E-state index in [0.29, 0.717) is 11.5 Å². The molecule has 0 saturated heterocycles. The third kappa shape index (κ3) is 1.77. The lowest BCUT2D eigenvalue weighted by Gasteiger charge is -2.19. The Morgan fingerprint density at radius 3 is 2.59 bits per heavy atom. The summed E-state index contributed by atoms with van der Waals surface area (Å²) < 4.78 is 27.0. The highest BCUT2D eigenvalue weighted by atomic mass is 19.1. The summed E-state index contributed by atoms with van der Waals surface area (Å²) in [7, 11) is 1.84. The summed E-state index contributed by atoms with van der Waals surface area (Å²) in [6.07, 6.45) is 3.81. The van der Waals surface area contributed by atoms with Crippen LogP contribution in [-0.2, 0) is 0 Å². The van der Waals surface area contributed by atoms with Gasteiger partial charge in [-0.3, -0.25) is 0 Å². The van der Waals surface area contributed by atoms with Crippen LogP contribution < -0.4 is 5.32 Å². The van der Waals surface area contributed by atoms with Gasteiger partial charge in [0.05, 0.1) is 0 Å². The Morgan fingerprint density at radius 1 is 1.24 bits per heavy atom. The predicted molar refractivity (Wildman–Crippen MR) is 62.5 cm³/mol. The third-order valence-electron chi connectivity index (χ3n) is 4.46. The van der Waals surface area contributed by atoms with E-state index in [1.54, 1.807) is 0 Å². The molecular weight excluding hydrogens is 220 g/mol. The van der Waals surface area contributed by atoms with E-state index in [4.69, 9.17) is 0 Å². The molecule has 0 spiro atoms. The van der Waals surface area contributed by atoms with Gasteiger partial charge in [0.25, 0.3) is 0 Å². The summed E-state index contributed by atoms with van der Waals surface area (Å²) in [5.41, 5.74) is 0.492. The highest BCUT2D eigenvalue weighted by molar-refractivity contribution is 5.26. The van der Waals surface area contributed by atoms with Gasteiger partial charge in [-0.25, -0.2) is 8.78 Å². The van der Waals surface area contributed by atoms with Crippen molar-refractivity contribution in [3.8, 4) is 0 Å². The minimum absolute atomic E-state index is 0.0269. The fraction of sp³-hybridized carbons (Fsp3) is 0.571. The number of rotatable bonds is 3. The molecule has 2 saturated carbocycles. The van der Waals surface area contributed by atoms with Gasteiger partial charge < -0.3 is 5.32 Å². The molecule has 0 heterocycles. The van der Waals surface area contributed by atoms with E-state index in [9.17, 15) is 8.78 Å². The van der Waals surface area contributed by atoms with Crippen LogP contribution in [0.3, 0.4) is 0 Å². The van der Waals surface area contributed by atoms with Crippen molar-refractivity contribution in [2.45, 2.75) is 25.3 Å². The third-order valence-corrected chi connectivity index (χ3v) is 4.46. The van der Waals surface area contributed by atoms with Crippen LogP contribution in [0.4, 0.5) is 8.78 Å². The maximum Gasteiger partial charge on any atom is 0.128 e. The molecule has 2 aliphatic rings. The first-order chi connectivity index (χ1) is 8.22. The molecule has 0 bridgehead atoms. The largest absolute Gasteiger partial charge is 0.313 e. The van der Waals surface area contributed by atoms with Gasteiger partial charge in [0.15, 0.2) is 0 Å². The molecule has 3 atom stereocenters. The summed E-state index contributed by atoms with van der Waals surface area (Å²) in [6.45, 7) is 0. The Morgan fingerprint density at radius 2 is 1.94 bits per heavy atom. The zero-order chi connectivity index (χ0) is 12.0. The number of nitrogens with one attached hydrogen (secondary N) is 1. The Bertz CT molecular complexity index is 422. The summed E-state index contributed by atoms with van der Waals surface area (Å²) in [4.78, 5) is 0. The van der Waals surface area contributed by atoms with Gasteiger partial charge in [-0.2, -0.15) is 0 Å². The summed E-state index contributed by atoms with van der Waals surface area (Å²) in [5, 5.41) is 3.17. The summed E-state index contributed by atoms with van der Waals surface area (Å²) in [6, 6.07) is 3.72. The fourth-order valence-corrected chi connectivity index (χ4v) is 3.68. The Labute approximate surface area is 100 Å². The highest BCUT2D eigenvalue weighted by Crippen LogP contribution is 2.62. The minimum Gasteiger partial charge on any atom is -0.313 e. The maximum absolute atomic E-state index is 13.8. The van der Waals surface area contributed by atoms with Crippen molar-refractivity contribution in [3.63, 3.8) is 0 Å². The SMILES string of the molecule is CNC(c1cc(F)ccc1F)C1C2CCCC21. The van der Waals surface area contributed by atoms with E-state index in [0.717, 1.165) is 11.8 Å². The van der Waals surface area contributed by atoms with Crippen molar-refractivity contribution in [1.82, 2.24) is 5.32 Å². The van der Waals surface area contributed by atoms with E-state index >= 15 is 0 Å². The predicted octanol–water partition coefficient (Wildman–Crippen LogP) is 3.27. The molecule has 0 amide bonds. The van der Waals surface area contributed by atoms with Crippen LogP contribution in [0.15, 0.2) is 18.2 Å². The zero-order valence-corrected chi connectivity index (χ0v) is 9.92. The lowest BCUT2D eigenvalue weighted by molar-refractivity contribution is 0.425. The van der Waals surface area contributed by atoms with Gasteiger partial charge in [-0.15, -0.1) is 0 Å². The molecule has 1 aromatic carbocycles. The van der Waals surface area contributed by atoms with E-state index in [-0.39, 0.29) is 17.7 Å². The van der Waals surface area contributed by atoms with Crippen LogP contribution in [0.5, 0.6) is 0 Å². The number of hydrogen-bond acceptors (Lipinski definition) is 1. The number of hydrogen-bond donors (Lipinski definition) is 1. The molecule has 3 heteroatoms. The lowest BCUT2D eigenvalue weighted by atomic mass is 9.96. The molecule has 3 rings (SSSR count). The fourth-order valence-electron chi connectivity index (χ4n) is 3.68. The molecule has 0 radical (unpaired) electrons. The molecule has 2 fully saturated rings. The lowest BCUT2D eigenvalue weighted by Crippen LogP contribution is -2.22. The van der Waals surface area contributed by atoms with Crippen molar-refractivity contribution in [1.29, 1.82) is 0 Å².